The Kier molecular flexibility index (Phi) is 11.0. The van der Waals surface area contributed by atoms with Gasteiger partial charge in [0.15, 0.2) is 12.6 Å². The van der Waals surface area contributed by atoms with E-state index in [2.05, 4.69) is 6.92 Å². The number of rotatable bonds is 15. The van der Waals surface area contributed by atoms with Gasteiger partial charge in [0.1, 0.15) is 5.75 Å². The fourth-order valence-corrected chi connectivity index (χ4v) is 2.90. The highest BCUT2D eigenvalue weighted by Gasteiger charge is 2.15. The SMILES string of the molecule is CCCCCCCCCCCCOc1c(C=O)cc(C(=O)O)cc1C=O. The van der Waals surface area contributed by atoms with Gasteiger partial charge >= 0.3 is 5.97 Å². The number of ether oxygens (including phenoxy) is 1. The van der Waals surface area contributed by atoms with Crippen molar-refractivity contribution in [1.29, 1.82) is 0 Å². The van der Waals surface area contributed by atoms with Gasteiger partial charge in [-0.1, -0.05) is 64.7 Å². The van der Waals surface area contributed by atoms with Crippen molar-refractivity contribution >= 4 is 18.5 Å². The number of carboxylic acids is 1. The number of aromatic carboxylic acids is 1. The molecule has 0 aliphatic rings. The molecule has 144 valence electrons. The topological polar surface area (TPSA) is 80.7 Å². The number of carboxylic acid groups (broad SMARTS) is 1. The van der Waals surface area contributed by atoms with Crippen LogP contribution in [0.25, 0.3) is 0 Å². The Morgan fingerprint density at radius 2 is 1.35 bits per heavy atom. The van der Waals surface area contributed by atoms with Crippen molar-refractivity contribution in [3.63, 3.8) is 0 Å². The summed E-state index contributed by atoms with van der Waals surface area (Å²) in [4.78, 5) is 33.4. The Hall–Kier alpha value is -2.17. The standard InChI is InChI=1S/C21H30O5/c1-2-3-4-5-6-7-8-9-10-11-12-26-20-18(15-22)13-17(21(24)25)14-19(20)16-23/h13-16H,2-12H2,1H3,(H,24,25). The second kappa shape index (κ2) is 13.1. The van der Waals surface area contributed by atoms with E-state index in [1.807, 2.05) is 0 Å². The zero-order chi connectivity index (χ0) is 19.2. The third-order valence-electron chi connectivity index (χ3n) is 4.39. The number of benzene rings is 1. The molecule has 5 heteroatoms. The van der Waals surface area contributed by atoms with Crippen molar-refractivity contribution in [3.8, 4) is 5.75 Å². The number of carbonyl (C=O) groups is 3. The summed E-state index contributed by atoms with van der Waals surface area (Å²) in [5.41, 5.74) is 0.0960. The van der Waals surface area contributed by atoms with Gasteiger partial charge in [-0.3, -0.25) is 9.59 Å². The molecule has 5 nitrogen and oxygen atoms in total. The van der Waals surface area contributed by atoms with Gasteiger partial charge in [-0.25, -0.2) is 4.79 Å². The molecule has 1 rings (SSSR count). The summed E-state index contributed by atoms with van der Waals surface area (Å²) in [6, 6.07) is 2.46. The lowest BCUT2D eigenvalue weighted by Gasteiger charge is -2.11. The first-order valence-electron chi connectivity index (χ1n) is 9.58. The van der Waals surface area contributed by atoms with Crippen LogP contribution in [0, 0.1) is 0 Å². The molecule has 0 unspecified atom stereocenters. The number of aldehydes is 2. The van der Waals surface area contributed by atoms with E-state index in [-0.39, 0.29) is 22.4 Å². The third kappa shape index (κ3) is 7.81. The Morgan fingerprint density at radius 1 is 0.885 bits per heavy atom. The van der Waals surface area contributed by atoms with E-state index in [9.17, 15) is 14.4 Å². The highest BCUT2D eigenvalue weighted by molar-refractivity contribution is 5.96. The van der Waals surface area contributed by atoms with Gasteiger partial charge in [-0.2, -0.15) is 0 Å². The zero-order valence-electron chi connectivity index (χ0n) is 15.7. The van der Waals surface area contributed by atoms with Crippen LogP contribution in [0.15, 0.2) is 12.1 Å². The van der Waals surface area contributed by atoms with Crippen LogP contribution in [0.2, 0.25) is 0 Å². The highest BCUT2D eigenvalue weighted by atomic mass is 16.5. The van der Waals surface area contributed by atoms with Gasteiger partial charge < -0.3 is 9.84 Å². The number of hydrogen-bond acceptors (Lipinski definition) is 4. The monoisotopic (exact) mass is 362 g/mol. The molecular formula is C21H30O5. The molecule has 0 amide bonds. The molecule has 0 aromatic heterocycles. The number of unbranched alkanes of at least 4 members (excludes halogenated alkanes) is 9. The van der Waals surface area contributed by atoms with E-state index in [4.69, 9.17) is 9.84 Å². The smallest absolute Gasteiger partial charge is 0.335 e. The molecule has 0 aliphatic carbocycles. The maximum atomic E-state index is 11.2. The molecule has 0 atom stereocenters. The second-order valence-corrected chi connectivity index (χ2v) is 6.56. The molecule has 0 bridgehead atoms. The lowest BCUT2D eigenvalue weighted by Crippen LogP contribution is -2.06. The van der Waals surface area contributed by atoms with Gasteiger partial charge in [0.05, 0.1) is 23.3 Å². The van der Waals surface area contributed by atoms with Gasteiger partial charge in [0.25, 0.3) is 0 Å². The van der Waals surface area contributed by atoms with Crippen molar-refractivity contribution in [2.75, 3.05) is 6.61 Å². The predicted molar refractivity (Wildman–Crippen MR) is 102 cm³/mol. The molecule has 0 heterocycles. The molecule has 0 aliphatic heterocycles. The van der Waals surface area contributed by atoms with Gasteiger partial charge in [-0.05, 0) is 18.6 Å². The summed E-state index contributed by atoms with van der Waals surface area (Å²) in [5.74, 6) is -1.01. The molecule has 1 N–H and O–H groups in total. The summed E-state index contributed by atoms with van der Waals surface area (Å²) in [6.45, 7) is 2.63. The molecule has 0 radical (unpaired) electrons. The Morgan fingerprint density at radius 3 is 1.77 bits per heavy atom. The third-order valence-corrected chi connectivity index (χ3v) is 4.39. The first kappa shape index (κ1) is 21.9. The van der Waals surface area contributed by atoms with Crippen LogP contribution in [0.1, 0.15) is 102 Å². The minimum atomic E-state index is -1.18. The van der Waals surface area contributed by atoms with Crippen LogP contribution in [0.5, 0.6) is 5.75 Å². The summed E-state index contributed by atoms with van der Waals surface area (Å²) in [5, 5.41) is 9.02. The molecule has 0 fully saturated rings. The quantitative estimate of drug-likeness (QED) is 0.338. The Bertz CT molecular complexity index is 551. The summed E-state index contributed by atoms with van der Waals surface area (Å²) in [7, 11) is 0. The Labute approximate surface area is 155 Å². The van der Waals surface area contributed by atoms with E-state index in [1.54, 1.807) is 0 Å². The molecule has 26 heavy (non-hydrogen) atoms. The molecule has 0 saturated heterocycles. The van der Waals surface area contributed by atoms with Gasteiger partial charge in [0, 0.05) is 0 Å². The summed E-state index contributed by atoms with van der Waals surface area (Å²) >= 11 is 0. The van der Waals surface area contributed by atoms with Crippen LogP contribution in [0.3, 0.4) is 0 Å². The van der Waals surface area contributed by atoms with E-state index in [0.717, 1.165) is 19.3 Å². The zero-order valence-corrected chi connectivity index (χ0v) is 15.7. The lowest BCUT2D eigenvalue weighted by molar-refractivity contribution is 0.0697. The van der Waals surface area contributed by atoms with Gasteiger partial charge in [0.2, 0.25) is 0 Å². The van der Waals surface area contributed by atoms with Crippen LogP contribution in [0.4, 0.5) is 0 Å². The first-order chi connectivity index (χ1) is 12.6. The molecular weight excluding hydrogens is 332 g/mol. The predicted octanol–water partition coefficient (Wildman–Crippen LogP) is 5.31. The van der Waals surface area contributed by atoms with Crippen molar-refractivity contribution in [2.45, 2.75) is 71.1 Å². The van der Waals surface area contributed by atoms with Crippen molar-refractivity contribution in [3.05, 3.63) is 28.8 Å². The molecule has 1 aromatic carbocycles. The fraction of sp³-hybridized carbons (Fsp3) is 0.571. The maximum absolute atomic E-state index is 11.2. The minimum absolute atomic E-state index is 0.0964. The largest absolute Gasteiger partial charge is 0.492 e. The van der Waals surface area contributed by atoms with Crippen LogP contribution in [-0.2, 0) is 0 Å². The maximum Gasteiger partial charge on any atom is 0.335 e. The van der Waals surface area contributed by atoms with Crippen LogP contribution >= 0.6 is 0 Å². The van der Waals surface area contributed by atoms with Crippen molar-refractivity contribution in [2.24, 2.45) is 0 Å². The molecule has 0 spiro atoms. The average molecular weight is 362 g/mol. The first-order valence-corrected chi connectivity index (χ1v) is 9.58. The number of carbonyl (C=O) groups excluding carboxylic acids is 2. The van der Waals surface area contributed by atoms with E-state index in [0.29, 0.717) is 19.2 Å². The molecule has 0 saturated carbocycles. The summed E-state index contributed by atoms with van der Waals surface area (Å²) in [6.07, 6.45) is 13.1. The van der Waals surface area contributed by atoms with E-state index < -0.39 is 5.97 Å². The van der Waals surface area contributed by atoms with E-state index >= 15 is 0 Å². The Balaban J connectivity index is 2.33. The minimum Gasteiger partial charge on any atom is -0.492 e. The normalized spacial score (nSPS) is 10.5. The second-order valence-electron chi connectivity index (χ2n) is 6.56. The average Bonchev–Trinajstić information content (AvgIpc) is 2.65. The lowest BCUT2D eigenvalue weighted by atomic mass is 10.0. The van der Waals surface area contributed by atoms with E-state index in [1.165, 1.54) is 57.1 Å². The summed E-state index contributed by atoms with van der Waals surface area (Å²) < 4.78 is 5.60. The highest BCUT2D eigenvalue weighted by Crippen LogP contribution is 2.24. The number of hydrogen-bond donors (Lipinski definition) is 1. The van der Waals surface area contributed by atoms with Crippen molar-refractivity contribution in [1.82, 2.24) is 0 Å². The van der Waals surface area contributed by atoms with Crippen LogP contribution in [-0.4, -0.2) is 30.3 Å². The van der Waals surface area contributed by atoms with Crippen molar-refractivity contribution < 1.29 is 24.2 Å². The fourth-order valence-electron chi connectivity index (χ4n) is 2.90. The van der Waals surface area contributed by atoms with Crippen LogP contribution < -0.4 is 4.74 Å². The molecule has 1 aromatic rings. The van der Waals surface area contributed by atoms with Gasteiger partial charge in [-0.15, -0.1) is 0 Å².